The Morgan fingerprint density at radius 3 is 1.92 bits per heavy atom. The lowest BCUT2D eigenvalue weighted by Crippen LogP contribution is -2.27. The zero-order valence-corrected chi connectivity index (χ0v) is 13.6. The fourth-order valence-corrected chi connectivity index (χ4v) is 2.68. The number of rotatable bonds is 6. The molecule has 0 saturated heterocycles. The minimum absolute atomic E-state index is 0.0680. The first-order chi connectivity index (χ1) is 11.8. The summed E-state index contributed by atoms with van der Waals surface area (Å²) in [5, 5.41) is 2.99. The molecule has 0 spiro atoms. The van der Waals surface area contributed by atoms with E-state index in [-0.39, 0.29) is 5.91 Å². The maximum atomic E-state index is 12.0. The number of hydrogen-bond donors (Lipinski definition) is 1. The normalized spacial score (nSPS) is 10.3. The maximum Gasteiger partial charge on any atom is 0.224 e. The SMILES string of the molecule is O=C(Cc1ccc(-c2ccccc2)cc1)NCCc1ccccc1. The first-order valence-electron chi connectivity index (χ1n) is 8.26. The average Bonchev–Trinajstić information content (AvgIpc) is 2.64. The van der Waals surface area contributed by atoms with Crippen molar-refractivity contribution in [2.75, 3.05) is 6.54 Å². The standard InChI is InChI=1S/C22H21NO/c24-22(23-16-15-18-7-3-1-4-8-18)17-19-11-13-21(14-12-19)20-9-5-2-6-10-20/h1-14H,15-17H2,(H,23,24). The number of amides is 1. The third-order valence-corrected chi connectivity index (χ3v) is 4.00. The van der Waals surface area contributed by atoms with Crippen molar-refractivity contribution in [2.45, 2.75) is 12.8 Å². The second-order valence-electron chi connectivity index (χ2n) is 5.83. The Balaban J connectivity index is 1.49. The van der Waals surface area contributed by atoms with E-state index in [1.807, 2.05) is 48.5 Å². The van der Waals surface area contributed by atoms with E-state index in [1.54, 1.807) is 0 Å². The molecule has 0 atom stereocenters. The number of hydrogen-bond acceptors (Lipinski definition) is 1. The molecule has 0 radical (unpaired) electrons. The van der Waals surface area contributed by atoms with Gasteiger partial charge in [-0.2, -0.15) is 0 Å². The molecule has 0 unspecified atom stereocenters. The van der Waals surface area contributed by atoms with E-state index < -0.39 is 0 Å². The summed E-state index contributed by atoms with van der Waals surface area (Å²) in [6.07, 6.45) is 1.28. The lowest BCUT2D eigenvalue weighted by Gasteiger charge is -2.07. The van der Waals surface area contributed by atoms with Gasteiger partial charge in [0.2, 0.25) is 5.91 Å². The molecule has 1 amide bonds. The summed E-state index contributed by atoms with van der Waals surface area (Å²) in [5.41, 5.74) is 4.64. The van der Waals surface area contributed by atoms with Crippen molar-refractivity contribution in [1.29, 1.82) is 0 Å². The Kier molecular flexibility index (Phi) is 5.41. The Morgan fingerprint density at radius 1 is 0.667 bits per heavy atom. The number of benzene rings is 3. The zero-order chi connectivity index (χ0) is 16.6. The van der Waals surface area contributed by atoms with E-state index in [2.05, 4.69) is 41.7 Å². The van der Waals surface area contributed by atoms with Crippen molar-refractivity contribution in [3.8, 4) is 11.1 Å². The molecule has 0 aliphatic rings. The predicted octanol–water partition coefficient (Wildman–Crippen LogP) is 4.26. The van der Waals surface area contributed by atoms with Gasteiger partial charge in [0, 0.05) is 6.54 Å². The highest BCUT2D eigenvalue weighted by Crippen LogP contribution is 2.19. The van der Waals surface area contributed by atoms with Crippen LogP contribution in [-0.2, 0) is 17.6 Å². The molecule has 0 aliphatic heterocycles. The van der Waals surface area contributed by atoms with Gasteiger partial charge >= 0.3 is 0 Å². The average molecular weight is 315 g/mol. The Morgan fingerprint density at radius 2 is 1.25 bits per heavy atom. The highest BCUT2D eigenvalue weighted by Gasteiger charge is 2.04. The summed E-state index contributed by atoms with van der Waals surface area (Å²) >= 11 is 0. The molecule has 0 bridgehead atoms. The fourth-order valence-electron chi connectivity index (χ4n) is 2.68. The van der Waals surface area contributed by atoms with E-state index in [1.165, 1.54) is 16.7 Å². The van der Waals surface area contributed by atoms with Crippen LogP contribution in [0, 0.1) is 0 Å². The fraction of sp³-hybridized carbons (Fsp3) is 0.136. The molecule has 2 nitrogen and oxygen atoms in total. The van der Waals surface area contributed by atoms with Crippen LogP contribution in [0.5, 0.6) is 0 Å². The van der Waals surface area contributed by atoms with Crippen LogP contribution in [0.1, 0.15) is 11.1 Å². The van der Waals surface area contributed by atoms with Gasteiger partial charge in [0.1, 0.15) is 0 Å². The molecule has 120 valence electrons. The molecule has 0 aromatic heterocycles. The van der Waals surface area contributed by atoms with Gasteiger partial charge in [0.25, 0.3) is 0 Å². The van der Waals surface area contributed by atoms with Gasteiger partial charge < -0.3 is 5.32 Å². The summed E-state index contributed by atoms with van der Waals surface area (Å²) in [5.74, 6) is 0.0680. The molecule has 0 fully saturated rings. The molecule has 3 rings (SSSR count). The smallest absolute Gasteiger partial charge is 0.224 e. The maximum absolute atomic E-state index is 12.0. The van der Waals surface area contributed by atoms with Crippen LogP contribution in [0.3, 0.4) is 0 Å². The summed E-state index contributed by atoms with van der Waals surface area (Å²) in [6, 6.07) is 28.6. The Labute approximate surface area is 143 Å². The van der Waals surface area contributed by atoms with Crippen LogP contribution < -0.4 is 5.32 Å². The molecule has 0 heterocycles. The van der Waals surface area contributed by atoms with Crippen LogP contribution in [0.15, 0.2) is 84.9 Å². The van der Waals surface area contributed by atoms with Gasteiger partial charge in [-0.05, 0) is 28.7 Å². The van der Waals surface area contributed by atoms with Crippen molar-refractivity contribution < 1.29 is 4.79 Å². The largest absolute Gasteiger partial charge is 0.355 e. The summed E-state index contributed by atoms with van der Waals surface area (Å²) in [6.45, 7) is 0.672. The van der Waals surface area contributed by atoms with E-state index in [4.69, 9.17) is 0 Å². The molecule has 3 aromatic carbocycles. The molecule has 1 N–H and O–H groups in total. The van der Waals surface area contributed by atoms with Gasteiger partial charge in [0.15, 0.2) is 0 Å². The van der Waals surface area contributed by atoms with Gasteiger partial charge in [-0.25, -0.2) is 0 Å². The lowest BCUT2D eigenvalue weighted by molar-refractivity contribution is -0.120. The predicted molar refractivity (Wildman–Crippen MR) is 98.7 cm³/mol. The second-order valence-corrected chi connectivity index (χ2v) is 5.83. The highest BCUT2D eigenvalue weighted by atomic mass is 16.1. The van der Waals surface area contributed by atoms with Crippen molar-refractivity contribution in [2.24, 2.45) is 0 Å². The molecule has 0 aliphatic carbocycles. The highest BCUT2D eigenvalue weighted by molar-refractivity contribution is 5.78. The van der Waals surface area contributed by atoms with Crippen LogP contribution in [-0.4, -0.2) is 12.5 Å². The minimum Gasteiger partial charge on any atom is -0.355 e. The summed E-state index contributed by atoms with van der Waals surface area (Å²) < 4.78 is 0. The van der Waals surface area contributed by atoms with Gasteiger partial charge in [-0.1, -0.05) is 84.9 Å². The van der Waals surface area contributed by atoms with Crippen molar-refractivity contribution in [1.82, 2.24) is 5.32 Å². The monoisotopic (exact) mass is 315 g/mol. The van der Waals surface area contributed by atoms with Gasteiger partial charge in [-0.15, -0.1) is 0 Å². The number of carbonyl (C=O) groups excluding carboxylic acids is 1. The number of carbonyl (C=O) groups is 1. The summed E-state index contributed by atoms with van der Waals surface area (Å²) in [4.78, 5) is 12.0. The van der Waals surface area contributed by atoms with Crippen LogP contribution in [0.2, 0.25) is 0 Å². The molecule has 24 heavy (non-hydrogen) atoms. The van der Waals surface area contributed by atoms with E-state index >= 15 is 0 Å². The van der Waals surface area contributed by atoms with Crippen LogP contribution in [0.25, 0.3) is 11.1 Å². The first kappa shape index (κ1) is 16.0. The first-order valence-corrected chi connectivity index (χ1v) is 8.26. The Hall–Kier alpha value is -2.87. The molecular weight excluding hydrogens is 294 g/mol. The lowest BCUT2D eigenvalue weighted by atomic mass is 10.0. The van der Waals surface area contributed by atoms with E-state index in [9.17, 15) is 4.79 Å². The van der Waals surface area contributed by atoms with E-state index in [0.29, 0.717) is 13.0 Å². The molecule has 3 aromatic rings. The zero-order valence-electron chi connectivity index (χ0n) is 13.6. The second kappa shape index (κ2) is 8.11. The Bertz CT molecular complexity index is 764. The molecular formula is C22H21NO. The topological polar surface area (TPSA) is 29.1 Å². The molecule has 0 saturated carbocycles. The quantitative estimate of drug-likeness (QED) is 0.723. The third kappa shape index (κ3) is 4.56. The van der Waals surface area contributed by atoms with Crippen LogP contribution in [0.4, 0.5) is 0 Å². The minimum atomic E-state index is 0.0680. The molecule has 2 heteroatoms. The third-order valence-electron chi connectivity index (χ3n) is 4.00. The summed E-state index contributed by atoms with van der Waals surface area (Å²) in [7, 11) is 0. The van der Waals surface area contributed by atoms with Gasteiger partial charge in [-0.3, -0.25) is 4.79 Å². The van der Waals surface area contributed by atoms with E-state index in [0.717, 1.165) is 12.0 Å². The van der Waals surface area contributed by atoms with Gasteiger partial charge in [0.05, 0.1) is 6.42 Å². The van der Waals surface area contributed by atoms with Crippen LogP contribution >= 0.6 is 0 Å². The number of nitrogens with one attached hydrogen (secondary N) is 1. The van der Waals surface area contributed by atoms with Crippen molar-refractivity contribution >= 4 is 5.91 Å². The van der Waals surface area contributed by atoms with Crippen molar-refractivity contribution in [3.63, 3.8) is 0 Å². The van der Waals surface area contributed by atoms with Crippen molar-refractivity contribution in [3.05, 3.63) is 96.1 Å².